The molecule has 3 N–H and O–H groups in total. The topological polar surface area (TPSA) is 113 Å². The number of rotatable bonds is 9. The van der Waals surface area contributed by atoms with Gasteiger partial charge < -0.3 is 10.4 Å². The fraction of sp³-hybridized carbons (Fsp3) is 0.0400. The molecule has 3 aromatic carbocycles. The quantitative estimate of drug-likeness (QED) is 0.242. The maximum absolute atomic E-state index is 13.2. The largest absolute Gasteiger partial charge is 0.478 e. The number of hydrogen-bond donors (Lipinski definition) is 3. The Kier molecular flexibility index (Phi) is 7.54. The summed E-state index contributed by atoms with van der Waals surface area (Å²) in [6.45, 7) is 0. The van der Waals surface area contributed by atoms with E-state index in [1.54, 1.807) is 47.8 Å². The number of carbonyl (C=O) groups excluding carboxylic acids is 1. The van der Waals surface area contributed by atoms with Crippen molar-refractivity contribution in [2.45, 2.75) is 14.4 Å². The molecule has 7 nitrogen and oxygen atoms in total. The Morgan fingerprint density at radius 3 is 2.09 bits per heavy atom. The fourth-order valence-electron chi connectivity index (χ4n) is 3.16. The summed E-state index contributed by atoms with van der Waals surface area (Å²) in [4.78, 5) is 25.0. The first kappa shape index (κ1) is 24.5. The molecular formula is C25H20N2O5S3. The lowest BCUT2D eigenvalue weighted by Gasteiger charge is -2.17. The number of carboxylic acids is 1. The number of aromatic carboxylic acids is 1. The molecular weight excluding hydrogens is 504 g/mol. The summed E-state index contributed by atoms with van der Waals surface area (Å²) < 4.78 is 27.7. The van der Waals surface area contributed by atoms with Crippen LogP contribution < -0.4 is 10.0 Å². The van der Waals surface area contributed by atoms with E-state index in [9.17, 15) is 18.0 Å². The first-order valence-corrected chi connectivity index (χ1v) is 13.6. The predicted molar refractivity (Wildman–Crippen MR) is 139 cm³/mol. The van der Waals surface area contributed by atoms with Crippen molar-refractivity contribution in [3.63, 3.8) is 0 Å². The Bertz CT molecular complexity index is 1400. The van der Waals surface area contributed by atoms with E-state index >= 15 is 0 Å². The van der Waals surface area contributed by atoms with Crippen LogP contribution in [0.5, 0.6) is 0 Å². The molecule has 1 atom stereocenters. The summed E-state index contributed by atoms with van der Waals surface area (Å²) in [5.74, 6) is -1.31. The summed E-state index contributed by atoms with van der Waals surface area (Å²) in [5, 5.41) is 13.0. The molecule has 0 spiro atoms. The molecule has 4 rings (SSSR count). The number of sulfonamides is 1. The lowest BCUT2D eigenvalue weighted by molar-refractivity contribution is -0.115. The van der Waals surface area contributed by atoms with Crippen LogP contribution in [0.2, 0.25) is 0 Å². The smallest absolute Gasteiger partial charge is 0.335 e. The first-order chi connectivity index (χ1) is 16.8. The third kappa shape index (κ3) is 6.30. The van der Waals surface area contributed by atoms with Gasteiger partial charge in [-0.3, -0.25) is 9.52 Å². The summed E-state index contributed by atoms with van der Waals surface area (Å²) in [6, 6.07) is 25.2. The van der Waals surface area contributed by atoms with Gasteiger partial charge in [0.25, 0.3) is 10.0 Å². The number of benzene rings is 3. The highest BCUT2D eigenvalue weighted by atomic mass is 32.2. The van der Waals surface area contributed by atoms with Gasteiger partial charge in [0, 0.05) is 16.3 Å². The lowest BCUT2D eigenvalue weighted by atomic mass is 10.1. The standard InChI is InChI=1S/C25H20N2O5S3/c28-24(26-19-10-8-18(9-11-19)25(29)30)23(17-5-2-1-3-6-17)34-21-14-12-20(13-15-21)27-35(31,32)22-7-4-16-33-22/h1-16,23,27H,(H,26,28)(H,29,30). The molecule has 35 heavy (non-hydrogen) atoms. The van der Waals surface area contributed by atoms with Crippen molar-refractivity contribution < 1.29 is 23.1 Å². The zero-order valence-electron chi connectivity index (χ0n) is 18.1. The van der Waals surface area contributed by atoms with E-state index in [2.05, 4.69) is 10.0 Å². The van der Waals surface area contributed by atoms with Crippen molar-refractivity contribution in [1.29, 1.82) is 0 Å². The van der Waals surface area contributed by atoms with E-state index < -0.39 is 21.2 Å². The Morgan fingerprint density at radius 2 is 1.49 bits per heavy atom. The molecule has 1 amide bonds. The minimum absolute atomic E-state index is 0.131. The molecule has 178 valence electrons. The van der Waals surface area contributed by atoms with E-state index in [1.165, 1.54) is 30.0 Å². The SMILES string of the molecule is O=C(O)c1ccc(NC(=O)C(Sc2ccc(NS(=O)(=O)c3cccs3)cc2)c2ccccc2)cc1. The van der Waals surface area contributed by atoms with Crippen LogP contribution in [0.1, 0.15) is 21.2 Å². The van der Waals surface area contributed by atoms with E-state index in [1.807, 2.05) is 30.3 Å². The molecule has 0 aliphatic heterocycles. The van der Waals surface area contributed by atoms with E-state index in [0.717, 1.165) is 21.8 Å². The molecule has 10 heteroatoms. The highest BCUT2D eigenvalue weighted by Gasteiger charge is 2.23. The Morgan fingerprint density at radius 1 is 0.829 bits per heavy atom. The molecule has 0 aliphatic carbocycles. The third-order valence-electron chi connectivity index (χ3n) is 4.86. The monoisotopic (exact) mass is 524 g/mol. The number of nitrogens with one attached hydrogen (secondary N) is 2. The van der Waals surface area contributed by atoms with Crippen LogP contribution >= 0.6 is 23.1 Å². The summed E-state index contributed by atoms with van der Waals surface area (Å²) in [7, 11) is -3.64. The zero-order chi connectivity index (χ0) is 24.8. The second-order valence-corrected chi connectivity index (χ2v) is 11.4. The maximum atomic E-state index is 13.2. The summed E-state index contributed by atoms with van der Waals surface area (Å²) in [6.07, 6.45) is 0. The number of carboxylic acid groups (broad SMARTS) is 1. The molecule has 4 aromatic rings. The Labute approximate surface area is 210 Å². The first-order valence-electron chi connectivity index (χ1n) is 10.3. The molecule has 0 fully saturated rings. The number of anilines is 2. The van der Waals surface area contributed by atoms with Gasteiger partial charge in [-0.1, -0.05) is 36.4 Å². The van der Waals surface area contributed by atoms with Crippen LogP contribution in [0.3, 0.4) is 0 Å². The maximum Gasteiger partial charge on any atom is 0.335 e. The molecule has 0 saturated heterocycles. The molecule has 0 radical (unpaired) electrons. The normalized spacial score (nSPS) is 12.0. The van der Waals surface area contributed by atoms with E-state index in [-0.39, 0.29) is 15.7 Å². The summed E-state index contributed by atoms with van der Waals surface area (Å²) in [5.41, 5.74) is 1.83. The number of hydrogen-bond acceptors (Lipinski definition) is 6. The van der Waals surface area contributed by atoms with Crippen molar-refractivity contribution in [3.8, 4) is 0 Å². The van der Waals surface area contributed by atoms with E-state index in [0.29, 0.717) is 11.4 Å². The van der Waals surface area contributed by atoms with Gasteiger partial charge in [0.2, 0.25) is 5.91 Å². The number of thioether (sulfide) groups is 1. The molecule has 0 saturated carbocycles. The van der Waals surface area contributed by atoms with Gasteiger partial charge in [0.1, 0.15) is 9.46 Å². The average Bonchev–Trinajstić information content (AvgIpc) is 3.40. The third-order valence-corrected chi connectivity index (χ3v) is 8.91. The number of thiophene rings is 1. The number of amides is 1. The van der Waals surface area contributed by atoms with Crippen LogP contribution in [0.15, 0.2) is 105 Å². The van der Waals surface area contributed by atoms with Crippen molar-refractivity contribution in [2.24, 2.45) is 0 Å². The lowest BCUT2D eigenvalue weighted by Crippen LogP contribution is -2.19. The second kappa shape index (κ2) is 10.8. The van der Waals surface area contributed by atoms with Crippen molar-refractivity contribution in [3.05, 3.63) is 108 Å². The number of carbonyl (C=O) groups is 2. The Hall–Kier alpha value is -3.60. The fourth-order valence-corrected chi connectivity index (χ4v) is 6.24. The van der Waals surface area contributed by atoms with Crippen molar-refractivity contribution >= 4 is 56.4 Å². The van der Waals surface area contributed by atoms with Gasteiger partial charge in [-0.25, -0.2) is 13.2 Å². The zero-order valence-corrected chi connectivity index (χ0v) is 20.6. The van der Waals surface area contributed by atoms with Crippen molar-refractivity contribution in [1.82, 2.24) is 0 Å². The molecule has 0 aliphatic rings. The van der Waals surface area contributed by atoms with Gasteiger partial charge in [-0.15, -0.1) is 23.1 Å². The van der Waals surface area contributed by atoms with Gasteiger partial charge in [-0.05, 0) is 65.5 Å². The highest BCUT2D eigenvalue weighted by Crippen LogP contribution is 2.37. The minimum atomic E-state index is -3.64. The van der Waals surface area contributed by atoms with Gasteiger partial charge in [0.15, 0.2) is 0 Å². The van der Waals surface area contributed by atoms with Crippen LogP contribution in [0, 0.1) is 0 Å². The Balaban J connectivity index is 1.50. The second-order valence-electron chi connectivity index (χ2n) is 7.34. The van der Waals surface area contributed by atoms with Crippen LogP contribution in [-0.2, 0) is 14.8 Å². The van der Waals surface area contributed by atoms with Crippen LogP contribution in [-0.4, -0.2) is 25.4 Å². The predicted octanol–water partition coefficient (Wildman–Crippen LogP) is 5.72. The minimum Gasteiger partial charge on any atom is -0.478 e. The summed E-state index contributed by atoms with van der Waals surface area (Å²) >= 11 is 2.46. The molecule has 0 bridgehead atoms. The van der Waals surface area contributed by atoms with Gasteiger partial charge in [-0.2, -0.15) is 0 Å². The van der Waals surface area contributed by atoms with Crippen molar-refractivity contribution in [2.75, 3.05) is 10.0 Å². The highest BCUT2D eigenvalue weighted by molar-refractivity contribution is 8.00. The molecule has 1 heterocycles. The molecule has 1 unspecified atom stereocenters. The molecule has 1 aromatic heterocycles. The van der Waals surface area contributed by atoms with Crippen LogP contribution in [0.4, 0.5) is 11.4 Å². The van der Waals surface area contributed by atoms with E-state index in [4.69, 9.17) is 5.11 Å². The van der Waals surface area contributed by atoms with Gasteiger partial charge >= 0.3 is 5.97 Å². The van der Waals surface area contributed by atoms with Gasteiger partial charge in [0.05, 0.1) is 5.56 Å². The average molecular weight is 525 g/mol. The van der Waals surface area contributed by atoms with Crippen LogP contribution in [0.25, 0.3) is 0 Å².